The first-order chi connectivity index (χ1) is 7.95. The smallest absolute Gasteiger partial charge is 0.172 e. The van der Waals surface area contributed by atoms with E-state index in [1.165, 1.54) is 7.11 Å². The molecule has 104 valence electrons. The van der Waals surface area contributed by atoms with Gasteiger partial charge in [-0.05, 0) is 52.4 Å². The lowest BCUT2D eigenvalue weighted by atomic mass is 9.98. The van der Waals surface area contributed by atoms with E-state index < -0.39 is 0 Å². The Morgan fingerprint density at radius 3 is 2.44 bits per heavy atom. The van der Waals surface area contributed by atoms with Crippen molar-refractivity contribution in [1.29, 1.82) is 0 Å². The maximum Gasteiger partial charge on any atom is 0.172 e. The molecule has 0 aliphatic heterocycles. The predicted octanol–water partition coefficient (Wildman–Crippen LogP) is 4.02. The van der Waals surface area contributed by atoms with E-state index in [0.717, 1.165) is 18.4 Å². The van der Waals surface area contributed by atoms with Crippen LogP contribution in [0.3, 0.4) is 0 Å². The molecule has 1 atom stereocenters. The number of phenolic OH excluding ortho intramolecular Hbond substituents is 1. The minimum atomic E-state index is -0.0248. The van der Waals surface area contributed by atoms with Crippen LogP contribution >= 0.6 is 28.3 Å². The van der Waals surface area contributed by atoms with Gasteiger partial charge in [-0.25, -0.2) is 0 Å². The van der Waals surface area contributed by atoms with Crippen molar-refractivity contribution in [2.45, 2.75) is 32.7 Å². The molecule has 0 saturated heterocycles. The number of methoxy groups -OCH3 is 1. The maximum atomic E-state index is 9.71. The average Bonchev–Trinajstić information content (AvgIpc) is 2.29. The summed E-state index contributed by atoms with van der Waals surface area (Å²) in [6, 6.07) is 3.62. The monoisotopic (exact) mass is 337 g/mol. The summed E-state index contributed by atoms with van der Waals surface area (Å²) in [5.74, 6) is 1.21. The fraction of sp³-hybridized carbons (Fsp3) is 0.538. The number of phenols is 1. The number of aromatic hydroxyl groups is 1. The highest BCUT2D eigenvalue weighted by molar-refractivity contribution is 9.10. The van der Waals surface area contributed by atoms with Crippen molar-refractivity contribution in [3.63, 3.8) is 0 Å². The third-order valence-corrected chi connectivity index (χ3v) is 3.36. The number of ether oxygens (including phenoxy) is 1. The molecule has 1 aromatic carbocycles. The summed E-state index contributed by atoms with van der Waals surface area (Å²) in [5, 5.41) is 9.71. The molecule has 0 unspecified atom stereocenters. The summed E-state index contributed by atoms with van der Waals surface area (Å²) in [6.45, 7) is 4.36. The molecule has 5 heteroatoms. The molecule has 3 N–H and O–H groups in total. The molecular formula is C13H21BrClNO2. The van der Waals surface area contributed by atoms with Gasteiger partial charge in [0.1, 0.15) is 0 Å². The molecule has 1 rings (SSSR count). The fourth-order valence-electron chi connectivity index (χ4n) is 1.64. The minimum Gasteiger partial charge on any atom is -0.503 e. The summed E-state index contributed by atoms with van der Waals surface area (Å²) in [7, 11) is 1.53. The summed E-state index contributed by atoms with van der Waals surface area (Å²) < 4.78 is 5.72. The number of nitrogens with two attached hydrogens (primary N) is 1. The highest BCUT2D eigenvalue weighted by atomic mass is 79.9. The van der Waals surface area contributed by atoms with Crippen LogP contribution in [-0.2, 0) is 0 Å². The first kappa shape index (κ1) is 17.6. The predicted molar refractivity (Wildman–Crippen MR) is 80.6 cm³/mol. The molecule has 18 heavy (non-hydrogen) atoms. The van der Waals surface area contributed by atoms with Crippen LogP contribution in [0.4, 0.5) is 0 Å². The molecule has 0 heterocycles. The number of rotatable bonds is 5. The van der Waals surface area contributed by atoms with Crippen LogP contribution in [0.5, 0.6) is 11.5 Å². The third kappa shape index (κ3) is 4.67. The largest absolute Gasteiger partial charge is 0.503 e. The van der Waals surface area contributed by atoms with Gasteiger partial charge < -0.3 is 15.6 Å². The summed E-state index contributed by atoms with van der Waals surface area (Å²) >= 11 is 3.30. The number of benzene rings is 1. The van der Waals surface area contributed by atoms with E-state index in [1.54, 1.807) is 6.07 Å². The molecule has 3 nitrogen and oxygen atoms in total. The van der Waals surface area contributed by atoms with Crippen molar-refractivity contribution in [2.24, 2.45) is 11.7 Å². The van der Waals surface area contributed by atoms with Gasteiger partial charge in [0.25, 0.3) is 0 Å². The van der Waals surface area contributed by atoms with Crippen LogP contribution in [0, 0.1) is 5.92 Å². The van der Waals surface area contributed by atoms with Gasteiger partial charge in [0, 0.05) is 6.04 Å². The molecule has 0 aromatic heterocycles. The molecule has 0 amide bonds. The normalized spacial score (nSPS) is 12.1. The molecular weight excluding hydrogens is 318 g/mol. The van der Waals surface area contributed by atoms with Gasteiger partial charge in [-0.3, -0.25) is 0 Å². The van der Waals surface area contributed by atoms with E-state index in [4.69, 9.17) is 10.5 Å². The van der Waals surface area contributed by atoms with Crippen LogP contribution in [0.25, 0.3) is 0 Å². The highest BCUT2D eigenvalue weighted by Crippen LogP contribution is 2.37. The second kappa shape index (κ2) is 7.87. The Bertz CT molecular complexity index is 385. The van der Waals surface area contributed by atoms with E-state index in [2.05, 4.69) is 29.8 Å². The first-order valence-electron chi connectivity index (χ1n) is 5.77. The number of halogens is 2. The van der Waals surface area contributed by atoms with Crippen molar-refractivity contribution in [3.05, 3.63) is 22.2 Å². The topological polar surface area (TPSA) is 55.5 Å². The molecule has 0 spiro atoms. The van der Waals surface area contributed by atoms with E-state index in [1.807, 2.05) is 6.07 Å². The van der Waals surface area contributed by atoms with Gasteiger partial charge in [-0.1, -0.05) is 13.8 Å². The number of hydrogen-bond acceptors (Lipinski definition) is 3. The van der Waals surface area contributed by atoms with Crippen LogP contribution in [-0.4, -0.2) is 12.2 Å². The lowest BCUT2D eigenvalue weighted by Gasteiger charge is -2.16. The Balaban J connectivity index is 0.00000289. The molecule has 1 aromatic rings. The first-order valence-corrected chi connectivity index (χ1v) is 6.57. The highest BCUT2D eigenvalue weighted by Gasteiger charge is 2.13. The second-order valence-corrected chi connectivity index (χ2v) is 5.49. The van der Waals surface area contributed by atoms with E-state index >= 15 is 0 Å². The quantitative estimate of drug-likeness (QED) is 0.852. The zero-order valence-corrected chi connectivity index (χ0v) is 13.3. The Morgan fingerprint density at radius 1 is 1.33 bits per heavy atom. The van der Waals surface area contributed by atoms with Crippen molar-refractivity contribution in [2.75, 3.05) is 7.11 Å². The molecule has 0 bridgehead atoms. The minimum absolute atomic E-state index is 0. The van der Waals surface area contributed by atoms with Gasteiger partial charge >= 0.3 is 0 Å². The molecule has 0 aliphatic rings. The van der Waals surface area contributed by atoms with Gasteiger partial charge in [0.15, 0.2) is 11.5 Å². The Hall–Kier alpha value is -0.450. The molecule has 0 fully saturated rings. The van der Waals surface area contributed by atoms with Gasteiger partial charge in [0.2, 0.25) is 0 Å². The maximum absolute atomic E-state index is 9.71. The Kier molecular flexibility index (Phi) is 7.67. The third-order valence-electron chi connectivity index (χ3n) is 2.75. The Labute approximate surface area is 123 Å². The summed E-state index contributed by atoms with van der Waals surface area (Å²) in [5.41, 5.74) is 7.11. The zero-order valence-electron chi connectivity index (χ0n) is 10.9. The van der Waals surface area contributed by atoms with E-state index in [0.29, 0.717) is 16.1 Å². The van der Waals surface area contributed by atoms with Gasteiger partial charge in [-0.2, -0.15) is 0 Å². The van der Waals surface area contributed by atoms with Crippen molar-refractivity contribution < 1.29 is 9.84 Å². The van der Waals surface area contributed by atoms with E-state index in [-0.39, 0.29) is 24.2 Å². The molecule has 0 radical (unpaired) electrons. The van der Waals surface area contributed by atoms with Gasteiger partial charge in [0.05, 0.1) is 11.6 Å². The molecule has 0 saturated carbocycles. The molecule has 0 aliphatic carbocycles. The summed E-state index contributed by atoms with van der Waals surface area (Å²) in [4.78, 5) is 0. The van der Waals surface area contributed by atoms with Crippen LogP contribution in [0.2, 0.25) is 0 Å². The van der Waals surface area contributed by atoms with Crippen molar-refractivity contribution in [3.8, 4) is 11.5 Å². The number of hydrogen-bond donors (Lipinski definition) is 2. The lowest BCUT2D eigenvalue weighted by Crippen LogP contribution is -2.11. The lowest BCUT2D eigenvalue weighted by molar-refractivity contribution is 0.370. The van der Waals surface area contributed by atoms with Crippen molar-refractivity contribution >= 4 is 28.3 Å². The second-order valence-electron chi connectivity index (χ2n) is 4.63. The standard InChI is InChI=1S/C13H20BrNO2.ClH/c1-8(2)4-5-11(15)9-6-10(14)13(16)12(7-9)17-3;/h6-8,11,16H,4-5,15H2,1-3H3;1H/t11-;/m1./s1. The zero-order chi connectivity index (χ0) is 13.0. The SMILES string of the molecule is COc1cc([C@H](N)CCC(C)C)cc(Br)c1O.Cl. The van der Waals surface area contributed by atoms with Crippen LogP contribution in [0.1, 0.15) is 38.3 Å². The van der Waals surface area contributed by atoms with Crippen LogP contribution in [0.15, 0.2) is 16.6 Å². The average molecular weight is 339 g/mol. The summed E-state index contributed by atoms with van der Waals surface area (Å²) in [6.07, 6.45) is 2.01. The fourth-order valence-corrected chi connectivity index (χ4v) is 2.10. The van der Waals surface area contributed by atoms with Gasteiger partial charge in [-0.15, -0.1) is 12.4 Å². The van der Waals surface area contributed by atoms with Crippen molar-refractivity contribution in [1.82, 2.24) is 0 Å². The van der Waals surface area contributed by atoms with E-state index in [9.17, 15) is 5.11 Å². The van der Waals surface area contributed by atoms with Crippen LogP contribution < -0.4 is 10.5 Å². The Morgan fingerprint density at radius 2 is 1.94 bits per heavy atom.